The maximum Gasteiger partial charge on any atom is 0.306 e. The molecule has 0 aliphatic rings. The SMILES string of the molecule is COC(=O)C[C@@H](C)C(=O)N[C@@H](C)C(C)(C)C. The number of methoxy groups -OCH3 is 1. The lowest BCUT2D eigenvalue weighted by Crippen LogP contribution is -2.44. The number of nitrogens with one attached hydrogen (secondary N) is 1. The predicted molar refractivity (Wildman–Crippen MR) is 62.9 cm³/mol. The van der Waals surface area contributed by atoms with Crippen molar-refractivity contribution in [1.82, 2.24) is 5.32 Å². The Bertz CT molecular complexity index is 255. The average molecular weight is 229 g/mol. The number of hydrogen-bond donors (Lipinski definition) is 1. The molecule has 0 radical (unpaired) electrons. The first kappa shape index (κ1) is 14.9. The molecule has 1 N–H and O–H groups in total. The third-order valence-corrected chi connectivity index (χ3v) is 2.81. The van der Waals surface area contributed by atoms with Crippen molar-refractivity contribution < 1.29 is 14.3 Å². The molecule has 0 saturated carbocycles. The van der Waals surface area contributed by atoms with Gasteiger partial charge in [0.2, 0.25) is 5.91 Å². The van der Waals surface area contributed by atoms with E-state index in [1.807, 2.05) is 6.92 Å². The van der Waals surface area contributed by atoms with E-state index in [0.717, 1.165) is 0 Å². The molecule has 0 rings (SSSR count). The fraction of sp³-hybridized carbons (Fsp3) is 0.833. The first-order valence-corrected chi connectivity index (χ1v) is 5.55. The van der Waals surface area contributed by atoms with Gasteiger partial charge in [-0.3, -0.25) is 9.59 Å². The molecule has 0 saturated heterocycles. The lowest BCUT2D eigenvalue weighted by molar-refractivity contribution is -0.144. The summed E-state index contributed by atoms with van der Waals surface area (Å²) in [5, 5.41) is 2.90. The highest BCUT2D eigenvalue weighted by atomic mass is 16.5. The van der Waals surface area contributed by atoms with E-state index in [-0.39, 0.29) is 35.7 Å². The molecule has 0 aliphatic heterocycles. The van der Waals surface area contributed by atoms with Gasteiger partial charge in [-0.15, -0.1) is 0 Å². The normalized spacial score (nSPS) is 15.1. The molecule has 0 unspecified atom stereocenters. The van der Waals surface area contributed by atoms with Crippen molar-refractivity contribution in [1.29, 1.82) is 0 Å². The molecule has 0 aromatic rings. The van der Waals surface area contributed by atoms with Crippen LogP contribution < -0.4 is 5.32 Å². The summed E-state index contributed by atoms with van der Waals surface area (Å²) in [6.45, 7) is 9.86. The van der Waals surface area contributed by atoms with Crippen LogP contribution in [0, 0.1) is 11.3 Å². The maximum absolute atomic E-state index is 11.7. The fourth-order valence-electron chi connectivity index (χ4n) is 0.998. The van der Waals surface area contributed by atoms with Crippen LogP contribution in [0.1, 0.15) is 41.0 Å². The summed E-state index contributed by atoms with van der Waals surface area (Å²) in [5.41, 5.74) is 0.0145. The lowest BCUT2D eigenvalue weighted by atomic mass is 9.87. The molecule has 0 spiro atoms. The van der Waals surface area contributed by atoms with Crippen molar-refractivity contribution in [3.63, 3.8) is 0 Å². The Morgan fingerprint density at radius 2 is 1.75 bits per heavy atom. The number of carbonyl (C=O) groups excluding carboxylic acids is 2. The zero-order valence-electron chi connectivity index (χ0n) is 11.1. The van der Waals surface area contributed by atoms with Crippen molar-refractivity contribution in [3.8, 4) is 0 Å². The smallest absolute Gasteiger partial charge is 0.306 e. The Balaban J connectivity index is 4.21. The summed E-state index contributed by atoms with van der Waals surface area (Å²) in [6, 6.07) is 0.0695. The van der Waals surface area contributed by atoms with Gasteiger partial charge >= 0.3 is 5.97 Å². The zero-order chi connectivity index (χ0) is 12.9. The van der Waals surface area contributed by atoms with E-state index < -0.39 is 0 Å². The monoisotopic (exact) mass is 229 g/mol. The summed E-state index contributed by atoms with van der Waals surface area (Å²) in [6.07, 6.45) is 0.124. The number of esters is 1. The van der Waals surface area contributed by atoms with Crippen LogP contribution in [0.5, 0.6) is 0 Å². The first-order chi connectivity index (χ1) is 7.18. The van der Waals surface area contributed by atoms with Crippen molar-refractivity contribution in [3.05, 3.63) is 0 Å². The lowest BCUT2D eigenvalue weighted by Gasteiger charge is -2.29. The Kier molecular flexibility index (Phi) is 5.48. The van der Waals surface area contributed by atoms with Crippen molar-refractivity contribution in [2.75, 3.05) is 7.11 Å². The second kappa shape index (κ2) is 5.87. The highest BCUT2D eigenvalue weighted by Gasteiger charge is 2.24. The van der Waals surface area contributed by atoms with Crippen LogP contribution >= 0.6 is 0 Å². The predicted octanol–water partition coefficient (Wildman–Crippen LogP) is 1.74. The Morgan fingerprint density at radius 1 is 1.25 bits per heavy atom. The zero-order valence-corrected chi connectivity index (χ0v) is 11.1. The topological polar surface area (TPSA) is 55.4 Å². The van der Waals surface area contributed by atoms with Crippen LogP contribution in [0.2, 0.25) is 0 Å². The fourth-order valence-corrected chi connectivity index (χ4v) is 0.998. The van der Waals surface area contributed by atoms with Crippen LogP contribution in [-0.4, -0.2) is 25.0 Å². The van der Waals surface area contributed by atoms with Gasteiger partial charge in [0.15, 0.2) is 0 Å². The van der Waals surface area contributed by atoms with Crippen LogP contribution in [0.4, 0.5) is 0 Å². The number of carbonyl (C=O) groups is 2. The van der Waals surface area contributed by atoms with Gasteiger partial charge in [-0.25, -0.2) is 0 Å². The molecule has 0 bridgehead atoms. The minimum Gasteiger partial charge on any atom is -0.469 e. The van der Waals surface area contributed by atoms with Gasteiger partial charge in [0.25, 0.3) is 0 Å². The second-order valence-corrected chi connectivity index (χ2v) is 5.28. The third-order valence-electron chi connectivity index (χ3n) is 2.81. The molecule has 0 aromatic heterocycles. The molecule has 2 atom stereocenters. The van der Waals surface area contributed by atoms with Crippen LogP contribution in [-0.2, 0) is 14.3 Å². The van der Waals surface area contributed by atoms with Crippen LogP contribution in [0.25, 0.3) is 0 Å². The van der Waals surface area contributed by atoms with E-state index in [1.165, 1.54) is 7.11 Å². The molecular formula is C12H23NO3. The number of amides is 1. The summed E-state index contributed by atoms with van der Waals surface area (Å²) >= 11 is 0. The van der Waals surface area contributed by atoms with E-state index >= 15 is 0 Å². The molecule has 0 fully saturated rings. The summed E-state index contributed by atoms with van der Waals surface area (Å²) < 4.78 is 4.52. The first-order valence-electron chi connectivity index (χ1n) is 5.55. The van der Waals surface area contributed by atoms with Gasteiger partial charge < -0.3 is 10.1 Å². The van der Waals surface area contributed by atoms with E-state index in [0.29, 0.717) is 0 Å². The van der Waals surface area contributed by atoms with Crippen LogP contribution in [0.3, 0.4) is 0 Å². The molecule has 4 heteroatoms. The van der Waals surface area contributed by atoms with Gasteiger partial charge in [0.05, 0.1) is 13.5 Å². The van der Waals surface area contributed by atoms with E-state index in [1.54, 1.807) is 6.92 Å². The maximum atomic E-state index is 11.7. The number of hydrogen-bond acceptors (Lipinski definition) is 3. The summed E-state index contributed by atoms with van der Waals surface area (Å²) in [7, 11) is 1.32. The number of rotatable bonds is 4. The molecule has 0 aromatic carbocycles. The van der Waals surface area contributed by atoms with Gasteiger partial charge in [-0.05, 0) is 12.3 Å². The molecule has 0 heterocycles. The van der Waals surface area contributed by atoms with Crippen molar-refractivity contribution >= 4 is 11.9 Å². The minimum atomic E-state index is -0.355. The molecule has 1 amide bonds. The highest BCUT2D eigenvalue weighted by Crippen LogP contribution is 2.19. The van der Waals surface area contributed by atoms with Gasteiger partial charge in [0, 0.05) is 12.0 Å². The van der Waals surface area contributed by atoms with Gasteiger partial charge in [-0.1, -0.05) is 27.7 Å². The molecular weight excluding hydrogens is 206 g/mol. The standard InChI is InChI=1S/C12H23NO3/c1-8(7-10(14)16-6)11(15)13-9(2)12(3,4)5/h8-9H,7H2,1-6H3,(H,13,15)/t8-,9+/m1/s1. The highest BCUT2D eigenvalue weighted by molar-refractivity contribution is 5.83. The van der Waals surface area contributed by atoms with Gasteiger partial charge in [-0.2, -0.15) is 0 Å². The van der Waals surface area contributed by atoms with E-state index in [2.05, 4.69) is 30.8 Å². The average Bonchev–Trinajstić information content (AvgIpc) is 2.15. The third kappa shape index (κ3) is 5.14. The van der Waals surface area contributed by atoms with E-state index in [9.17, 15) is 9.59 Å². The minimum absolute atomic E-state index is 0.0145. The quantitative estimate of drug-likeness (QED) is 0.747. The second-order valence-electron chi connectivity index (χ2n) is 5.28. The molecule has 0 aliphatic carbocycles. The number of ether oxygens (including phenoxy) is 1. The van der Waals surface area contributed by atoms with Crippen molar-refractivity contribution in [2.24, 2.45) is 11.3 Å². The van der Waals surface area contributed by atoms with Crippen molar-refractivity contribution in [2.45, 2.75) is 47.1 Å². The largest absolute Gasteiger partial charge is 0.469 e. The molecule has 94 valence electrons. The van der Waals surface area contributed by atoms with Crippen LogP contribution in [0.15, 0.2) is 0 Å². The summed E-state index contributed by atoms with van der Waals surface area (Å²) in [5.74, 6) is -0.809. The van der Waals surface area contributed by atoms with E-state index in [4.69, 9.17) is 0 Å². The molecule has 16 heavy (non-hydrogen) atoms. The Labute approximate surface area is 97.7 Å². The molecule has 4 nitrogen and oxygen atoms in total. The Morgan fingerprint density at radius 3 is 2.12 bits per heavy atom. The van der Waals surface area contributed by atoms with Gasteiger partial charge in [0.1, 0.15) is 0 Å². The summed E-state index contributed by atoms with van der Waals surface area (Å²) in [4.78, 5) is 22.7. The Hall–Kier alpha value is -1.06.